The average Bonchev–Trinajstić information content (AvgIpc) is 2.10. The molecular weight excluding hydrogens is 198 g/mol. The summed E-state index contributed by atoms with van der Waals surface area (Å²) in [5.74, 6) is 0.535. The lowest BCUT2D eigenvalue weighted by molar-refractivity contribution is -0.122. The summed E-state index contributed by atoms with van der Waals surface area (Å²) in [5, 5.41) is 3.98. The van der Waals surface area contributed by atoms with Crippen molar-refractivity contribution >= 4 is 17.5 Å². The zero-order valence-electron chi connectivity index (χ0n) is 9.10. The molecule has 0 aliphatic heterocycles. The summed E-state index contributed by atoms with van der Waals surface area (Å²) < 4.78 is 0. The van der Waals surface area contributed by atoms with E-state index in [1.165, 1.54) is 0 Å². The highest BCUT2D eigenvalue weighted by atomic mass is 32.2. The molecule has 0 N–H and O–H groups in total. The van der Waals surface area contributed by atoms with Crippen molar-refractivity contribution < 1.29 is 4.79 Å². The first kappa shape index (κ1) is 13.3. The third-order valence-corrected chi connectivity index (χ3v) is 2.85. The molecule has 1 atom stereocenters. The molecule has 0 heterocycles. The van der Waals surface area contributed by atoms with Crippen molar-refractivity contribution in [3.05, 3.63) is 10.4 Å². The molecule has 0 aliphatic carbocycles. The molecule has 0 bridgehead atoms. The second-order valence-corrected chi connectivity index (χ2v) is 5.27. The Hall–Kier alpha value is -0.670. The van der Waals surface area contributed by atoms with Crippen LogP contribution in [0.2, 0.25) is 0 Å². The number of ketones is 1. The van der Waals surface area contributed by atoms with E-state index in [0.29, 0.717) is 11.0 Å². The van der Waals surface area contributed by atoms with E-state index in [-0.39, 0.29) is 11.7 Å². The fourth-order valence-electron chi connectivity index (χ4n) is 0.903. The van der Waals surface area contributed by atoms with Crippen LogP contribution < -0.4 is 0 Å². The minimum atomic E-state index is -0.507. The van der Waals surface area contributed by atoms with Gasteiger partial charge in [0.25, 0.3) is 0 Å². The van der Waals surface area contributed by atoms with Crippen LogP contribution in [0.15, 0.2) is 5.11 Å². The molecule has 0 aliphatic rings. The molecule has 0 fully saturated rings. The van der Waals surface area contributed by atoms with Crippen LogP contribution >= 0.6 is 11.8 Å². The van der Waals surface area contributed by atoms with Crippen molar-refractivity contribution in [3.8, 4) is 0 Å². The molecule has 0 amide bonds. The lowest BCUT2D eigenvalue weighted by Crippen LogP contribution is -2.25. The molecule has 0 spiro atoms. The van der Waals surface area contributed by atoms with Crippen LogP contribution in [-0.2, 0) is 4.79 Å². The molecule has 14 heavy (non-hydrogen) atoms. The number of Topliss-reactive ketones (excluding diaryl/α,β-unsaturated/α-hetero) is 1. The quantitative estimate of drug-likeness (QED) is 0.388. The lowest BCUT2D eigenvalue weighted by atomic mass is 10.0. The lowest BCUT2D eigenvalue weighted by Gasteiger charge is -2.13. The number of hydrogen-bond donors (Lipinski definition) is 0. The molecule has 0 aromatic rings. The molecule has 0 saturated heterocycles. The van der Waals surface area contributed by atoms with Gasteiger partial charge in [0.2, 0.25) is 0 Å². The molecule has 5 heteroatoms. The van der Waals surface area contributed by atoms with Crippen molar-refractivity contribution in [1.29, 1.82) is 0 Å². The minimum Gasteiger partial charge on any atom is -0.299 e. The summed E-state index contributed by atoms with van der Waals surface area (Å²) in [5.41, 5.74) is 8.33. The van der Waals surface area contributed by atoms with E-state index in [1.54, 1.807) is 11.8 Å². The number of azide groups is 1. The van der Waals surface area contributed by atoms with Crippen molar-refractivity contribution in [2.75, 3.05) is 5.75 Å². The molecule has 0 saturated carbocycles. The second-order valence-electron chi connectivity index (χ2n) is 3.66. The van der Waals surface area contributed by atoms with E-state index < -0.39 is 6.04 Å². The van der Waals surface area contributed by atoms with Gasteiger partial charge < -0.3 is 0 Å². The van der Waals surface area contributed by atoms with Crippen molar-refractivity contribution in [2.24, 2.45) is 11.0 Å². The van der Waals surface area contributed by atoms with E-state index in [0.717, 1.165) is 0 Å². The van der Waals surface area contributed by atoms with E-state index in [9.17, 15) is 4.79 Å². The van der Waals surface area contributed by atoms with Gasteiger partial charge in [0.05, 0.1) is 0 Å². The largest absolute Gasteiger partial charge is 0.299 e. The minimum absolute atomic E-state index is 0.0240. The van der Waals surface area contributed by atoms with Gasteiger partial charge in [0.1, 0.15) is 11.8 Å². The Labute approximate surface area is 89.1 Å². The summed E-state index contributed by atoms with van der Waals surface area (Å²) in [6.07, 6.45) is 0. The van der Waals surface area contributed by atoms with Gasteiger partial charge in [-0.3, -0.25) is 4.79 Å². The van der Waals surface area contributed by atoms with Crippen LogP contribution in [0.3, 0.4) is 0 Å². The molecule has 1 unspecified atom stereocenters. The maximum absolute atomic E-state index is 11.6. The number of carbonyl (C=O) groups is 1. The number of hydrogen-bond acceptors (Lipinski definition) is 3. The Kier molecular flexibility index (Phi) is 6.41. The van der Waals surface area contributed by atoms with Gasteiger partial charge >= 0.3 is 0 Å². The number of rotatable bonds is 6. The van der Waals surface area contributed by atoms with Crippen molar-refractivity contribution in [1.82, 2.24) is 0 Å². The van der Waals surface area contributed by atoms with Crippen LogP contribution in [0.1, 0.15) is 27.7 Å². The Bertz CT molecular complexity index is 234. The number of thioether (sulfide) groups is 1. The summed E-state index contributed by atoms with van der Waals surface area (Å²) in [6.45, 7) is 7.75. The predicted octanol–water partition coefficient (Wildman–Crippen LogP) is 3.03. The van der Waals surface area contributed by atoms with Crippen LogP contribution in [0, 0.1) is 5.92 Å². The zero-order valence-corrected chi connectivity index (χ0v) is 9.91. The molecule has 80 valence electrons. The van der Waals surface area contributed by atoms with Gasteiger partial charge in [-0.1, -0.05) is 32.8 Å². The Morgan fingerprint density at radius 3 is 2.36 bits per heavy atom. The highest BCUT2D eigenvalue weighted by Gasteiger charge is 2.19. The Morgan fingerprint density at radius 2 is 2.00 bits per heavy atom. The van der Waals surface area contributed by atoms with Crippen LogP contribution in [-0.4, -0.2) is 22.8 Å². The SMILES string of the molecule is CC(C)SCC(N=[N+]=[N-])C(=O)C(C)C. The van der Waals surface area contributed by atoms with Gasteiger partial charge in [0, 0.05) is 16.6 Å². The van der Waals surface area contributed by atoms with Gasteiger partial charge in [-0.05, 0) is 10.8 Å². The topological polar surface area (TPSA) is 65.8 Å². The molecule has 0 radical (unpaired) electrons. The maximum atomic E-state index is 11.6. The molecular formula is C9H17N3OS. The van der Waals surface area contributed by atoms with Crippen LogP contribution in [0.25, 0.3) is 10.4 Å². The number of carbonyl (C=O) groups excluding carboxylic acids is 1. The molecule has 4 nitrogen and oxygen atoms in total. The first-order valence-corrected chi connectivity index (χ1v) is 5.73. The Balaban J connectivity index is 4.29. The maximum Gasteiger partial charge on any atom is 0.145 e. The van der Waals surface area contributed by atoms with Gasteiger partial charge in [0.15, 0.2) is 0 Å². The third kappa shape index (κ3) is 5.14. The van der Waals surface area contributed by atoms with E-state index >= 15 is 0 Å². The van der Waals surface area contributed by atoms with Gasteiger partial charge in [-0.2, -0.15) is 11.8 Å². The zero-order chi connectivity index (χ0) is 11.1. The predicted molar refractivity (Wildman–Crippen MR) is 60.4 cm³/mol. The molecule has 0 aromatic carbocycles. The van der Waals surface area contributed by atoms with Crippen LogP contribution in [0.4, 0.5) is 0 Å². The molecule has 0 rings (SSSR count). The van der Waals surface area contributed by atoms with Crippen LogP contribution in [0.5, 0.6) is 0 Å². The third-order valence-electron chi connectivity index (χ3n) is 1.68. The smallest absolute Gasteiger partial charge is 0.145 e. The Morgan fingerprint density at radius 1 is 1.43 bits per heavy atom. The number of nitrogens with zero attached hydrogens (tertiary/aromatic N) is 3. The monoisotopic (exact) mass is 215 g/mol. The van der Waals surface area contributed by atoms with E-state index in [1.807, 2.05) is 13.8 Å². The highest BCUT2D eigenvalue weighted by molar-refractivity contribution is 7.99. The first-order valence-electron chi connectivity index (χ1n) is 4.68. The van der Waals surface area contributed by atoms with Gasteiger partial charge in [-0.25, -0.2) is 0 Å². The van der Waals surface area contributed by atoms with Crippen molar-refractivity contribution in [3.63, 3.8) is 0 Å². The normalized spacial score (nSPS) is 12.7. The summed E-state index contributed by atoms with van der Waals surface area (Å²) in [7, 11) is 0. The summed E-state index contributed by atoms with van der Waals surface area (Å²) in [6, 6.07) is -0.507. The first-order chi connectivity index (χ1) is 6.49. The standard InChI is InChI=1S/C9H17N3OS/c1-6(2)9(13)8(11-12-10)5-14-7(3)4/h6-8H,5H2,1-4H3. The van der Waals surface area contributed by atoms with Gasteiger partial charge in [-0.15, -0.1) is 0 Å². The highest BCUT2D eigenvalue weighted by Crippen LogP contribution is 2.15. The van der Waals surface area contributed by atoms with E-state index in [2.05, 4.69) is 23.9 Å². The average molecular weight is 215 g/mol. The fraction of sp³-hybridized carbons (Fsp3) is 0.889. The van der Waals surface area contributed by atoms with Crippen molar-refractivity contribution in [2.45, 2.75) is 39.0 Å². The fourth-order valence-corrected chi connectivity index (χ4v) is 1.70. The van der Waals surface area contributed by atoms with E-state index in [4.69, 9.17) is 5.53 Å². The summed E-state index contributed by atoms with van der Waals surface area (Å²) in [4.78, 5) is 14.3. The second kappa shape index (κ2) is 6.74. The molecule has 0 aromatic heterocycles. The summed E-state index contributed by atoms with van der Waals surface area (Å²) >= 11 is 1.64.